The number of para-hydroxylation sites is 1. The highest BCUT2D eigenvalue weighted by molar-refractivity contribution is 7.52. The molecule has 1 aromatic carbocycles. The Balaban J connectivity index is 1.61. The van der Waals surface area contributed by atoms with Crippen molar-refractivity contribution in [2.75, 3.05) is 13.2 Å². The van der Waals surface area contributed by atoms with Crippen molar-refractivity contribution in [2.24, 2.45) is 0 Å². The molecule has 0 bridgehead atoms. The summed E-state index contributed by atoms with van der Waals surface area (Å²) < 4.78 is 42.8. The van der Waals surface area contributed by atoms with Crippen molar-refractivity contribution in [1.82, 2.24) is 14.6 Å². The molecular weight excluding hydrogens is 509 g/mol. The fourth-order valence-electron chi connectivity index (χ4n) is 3.86. The summed E-state index contributed by atoms with van der Waals surface area (Å²) >= 11 is 0. The third-order valence-corrected chi connectivity index (χ3v) is 7.42. The van der Waals surface area contributed by atoms with Gasteiger partial charge in [-0.3, -0.25) is 28.5 Å². The monoisotopic (exact) mass is 537 g/mol. The fraction of sp³-hybridized carbons (Fsp3) is 0.478. The van der Waals surface area contributed by atoms with Crippen molar-refractivity contribution in [2.45, 2.75) is 57.6 Å². The largest absolute Gasteiger partial charge is 0.465 e. The fourth-order valence-corrected chi connectivity index (χ4v) is 5.36. The molecule has 14 heteroatoms. The molecule has 0 amide bonds. The molecule has 2 N–H and O–H groups in total. The zero-order valence-electron chi connectivity index (χ0n) is 20.3. The van der Waals surface area contributed by atoms with Crippen molar-refractivity contribution in [3.05, 3.63) is 62.9 Å². The number of fused-ring (bicyclic) bond motifs is 1. The number of aromatic amines is 1. The highest BCUT2D eigenvalue weighted by Gasteiger charge is 2.42. The van der Waals surface area contributed by atoms with Gasteiger partial charge >= 0.3 is 25.4 Å². The summed E-state index contributed by atoms with van der Waals surface area (Å²) in [7, 11) is -4.17. The van der Waals surface area contributed by atoms with E-state index in [1.165, 1.54) is 24.6 Å². The van der Waals surface area contributed by atoms with Gasteiger partial charge in [0.2, 0.25) is 0 Å². The van der Waals surface area contributed by atoms with E-state index in [9.17, 15) is 23.7 Å². The Morgan fingerprint density at radius 1 is 1.11 bits per heavy atom. The molecule has 0 aliphatic carbocycles. The van der Waals surface area contributed by atoms with Crippen LogP contribution in [0.4, 0.5) is 0 Å². The number of aryl methyl sites for hydroxylation is 1. The molecule has 0 radical (unpaired) electrons. The van der Waals surface area contributed by atoms with Gasteiger partial charge in [0, 0.05) is 24.6 Å². The molecule has 2 saturated heterocycles. The Bertz CT molecular complexity index is 1290. The number of rotatable bonds is 3. The summed E-state index contributed by atoms with van der Waals surface area (Å²) in [5, 5.41) is 2.58. The standard InChI is InChI=1S/C23H28N3O10P/c1-14-12-26(23(30)24-21(14)28)19-11-17-18(34-19)13-33-37(31,36-16-7-4-3-5-8-16)25-15(2)22(29)32-10-6-9-20(27)35-17/h3-5,7-8,12,15,17-19H,6,9-11,13H2,1-2H3,(H,25,31)(H,24,28,30)/t15-,17+,18-,19-,37+/m0/s1. The maximum absolute atomic E-state index is 13.7. The molecule has 5 atom stereocenters. The topological polar surface area (TPSA) is 164 Å². The first kappa shape index (κ1) is 26.8. The van der Waals surface area contributed by atoms with E-state index in [0.29, 0.717) is 5.56 Å². The molecule has 4 rings (SSSR count). The summed E-state index contributed by atoms with van der Waals surface area (Å²) in [5.41, 5.74) is -0.926. The minimum absolute atomic E-state index is 0.0167. The lowest BCUT2D eigenvalue weighted by molar-refractivity contribution is -0.155. The number of carbonyl (C=O) groups excluding carboxylic acids is 2. The Morgan fingerprint density at radius 3 is 2.62 bits per heavy atom. The SMILES string of the molecule is Cc1cn([C@@H]2C[C@H]3OC(=O)CCCOC(=O)[C@H](C)N[P@](=O)(Oc4ccccc4)OC[C@@H]3O2)c(=O)[nH]c1=O. The maximum atomic E-state index is 13.7. The number of ether oxygens (including phenoxy) is 3. The number of H-pyrrole nitrogens is 1. The minimum Gasteiger partial charge on any atom is -0.465 e. The average Bonchev–Trinajstić information content (AvgIpc) is 3.25. The van der Waals surface area contributed by atoms with Gasteiger partial charge in [-0.2, -0.15) is 5.09 Å². The van der Waals surface area contributed by atoms with Crippen molar-refractivity contribution < 1.29 is 37.4 Å². The van der Waals surface area contributed by atoms with Crippen LogP contribution in [0.2, 0.25) is 0 Å². The Morgan fingerprint density at radius 2 is 1.86 bits per heavy atom. The summed E-state index contributed by atoms with van der Waals surface area (Å²) in [6.45, 7) is 2.56. The molecule has 1 aromatic heterocycles. The quantitative estimate of drug-likeness (QED) is 0.431. The number of nitrogens with zero attached hydrogens (tertiary/aromatic N) is 1. The highest BCUT2D eigenvalue weighted by atomic mass is 31.2. The van der Waals surface area contributed by atoms with Crippen molar-refractivity contribution in [3.63, 3.8) is 0 Å². The molecule has 3 heterocycles. The van der Waals surface area contributed by atoms with E-state index in [0.717, 1.165) is 0 Å². The van der Waals surface area contributed by atoms with Crippen LogP contribution in [0, 0.1) is 6.92 Å². The van der Waals surface area contributed by atoms with E-state index in [1.807, 2.05) is 0 Å². The number of hydrogen-bond donors (Lipinski definition) is 2. The second-order valence-electron chi connectivity index (χ2n) is 8.69. The van der Waals surface area contributed by atoms with Gasteiger partial charge in [0.25, 0.3) is 5.56 Å². The Hall–Kier alpha value is -3.25. The van der Waals surface area contributed by atoms with Gasteiger partial charge in [0.15, 0.2) is 0 Å². The molecule has 0 saturated carbocycles. The number of esters is 2. The van der Waals surface area contributed by atoms with Gasteiger partial charge < -0.3 is 18.7 Å². The molecule has 2 aromatic rings. The van der Waals surface area contributed by atoms with E-state index in [4.69, 9.17) is 23.3 Å². The van der Waals surface area contributed by atoms with Crippen LogP contribution in [-0.4, -0.2) is 53.0 Å². The smallest absolute Gasteiger partial charge is 0.459 e. The van der Waals surface area contributed by atoms with Crippen LogP contribution < -0.4 is 20.9 Å². The minimum atomic E-state index is -4.17. The molecule has 13 nitrogen and oxygen atoms in total. The van der Waals surface area contributed by atoms with Gasteiger partial charge in [0.1, 0.15) is 30.2 Å². The summed E-state index contributed by atoms with van der Waals surface area (Å²) in [6, 6.07) is 7.17. The molecule has 0 unspecified atom stereocenters. The van der Waals surface area contributed by atoms with Crippen LogP contribution in [0.15, 0.2) is 46.1 Å². The molecule has 200 valence electrons. The first-order valence-corrected chi connectivity index (χ1v) is 13.3. The second kappa shape index (κ2) is 11.4. The van der Waals surface area contributed by atoms with E-state index in [2.05, 4.69) is 10.1 Å². The van der Waals surface area contributed by atoms with Crippen molar-refractivity contribution in [3.8, 4) is 5.75 Å². The normalized spacial score (nSPS) is 29.5. The second-order valence-corrected chi connectivity index (χ2v) is 10.4. The third-order valence-electron chi connectivity index (χ3n) is 5.77. The summed E-state index contributed by atoms with van der Waals surface area (Å²) in [4.78, 5) is 51.2. The Labute approximate surface area is 211 Å². The van der Waals surface area contributed by atoms with Gasteiger partial charge in [-0.15, -0.1) is 0 Å². The summed E-state index contributed by atoms with van der Waals surface area (Å²) in [5.74, 6) is -1.04. The first-order valence-electron chi connectivity index (χ1n) is 11.7. The van der Waals surface area contributed by atoms with Crippen LogP contribution in [0.25, 0.3) is 0 Å². The number of carbonyl (C=O) groups is 2. The predicted octanol–water partition coefficient (Wildman–Crippen LogP) is 1.56. The summed E-state index contributed by atoms with van der Waals surface area (Å²) in [6.07, 6.45) is -1.06. The number of cyclic esters (lactones) is 1. The number of benzene rings is 1. The van der Waals surface area contributed by atoms with Crippen LogP contribution in [0.1, 0.15) is 38.0 Å². The number of nitrogens with one attached hydrogen (secondary N) is 2. The van der Waals surface area contributed by atoms with Crippen LogP contribution in [0.3, 0.4) is 0 Å². The molecule has 2 fully saturated rings. The molecule has 0 spiro atoms. The zero-order chi connectivity index (χ0) is 26.6. The zero-order valence-corrected chi connectivity index (χ0v) is 21.2. The predicted molar refractivity (Wildman–Crippen MR) is 128 cm³/mol. The van der Waals surface area contributed by atoms with E-state index >= 15 is 0 Å². The van der Waals surface area contributed by atoms with Crippen LogP contribution >= 0.6 is 7.75 Å². The molecular formula is C23H28N3O10P. The maximum Gasteiger partial charge on any atom is 0.459 e. The van der Waals surface area contributed by atoms with Crippen molar-refractivity contribution in [1.29, 1.82) is 0 Å². The van der Waals surface area contributed by atoms with Gasteiger partial charge in [-0.05, 0) is 32.4 Å². The van der Waals surface area contributed by atoms with Crippen LogP contribution in [0.5, 0.6) is 5.75 Å². The van der Waals surface area contributed by atoms with Gasteiger partial charge in [-0.25, -0.2) is 9.36 Å². The lowest BCUT2D eigenvalue weighted by Gasteiger charge is -2.26. The third kappa shape index (κ3) is 6.75. The first-order chi connectivity index (χ1) is 17.6. The van der Waals surface area contributed by atoms with Gasteiger partial charge in [0.05, 0.1) is 13.2 Å². The van der Waals surface area contributed by atoms with E-state index < -0.39 is 55.4 Å². The van der Waals surface area contributed by atoms with Gasteiger partial charge in [-0.1, -0.05) is 18.2 Å². The number of aromatic nitrogens is 2. The average molecular weight is 537 g/mol. The van der Waals surface area contributed by atoms with Crippen LogP contribution in [-0.2, 0) is 32.9 Å². The highest BCUT2D eigenvalue weighted by Crippen LogP contribution is 2.46. The molecule has 2 aliphatic rings. The Kier molecular flexibility index (Phi) is 8.28. The van der Waals surface area contributed by atoms with E-state index in [-0.39, 0.29) is 38.2 Å². The lowest BCUT2D eigenvalue weighted by Crippen LogP contribution is -2.37. The van der Waals surface area contributed by atoms with E-state index in [1.54, 1.807) is 30.3 Å². The molecule has 37 heavy (non-hydrogen) atoms. The number of hydrogen-bond acceptors (Lipinski definition) is 10. The molecule has 2 aliphatic heterocycles. The van der Waals surface area contributed by atoms with Crippen molar-refractivity contribution >= 4 is 19.7 Å². The lowest BCUT2D eigenvalue weighted by atomic mass is 10.2.